The van der Waals surface area contributed by atoms with Gasteiger partial charge in [0.1, 0.15) is 11.6 Å². The summed E-state index contributed by atoms with van der Waals surface area (Å²) in [5.74, 6) is -0.427. The van der Waals surface area contributed by atoms with Gasteiger partial charge in [0, 0.05) is 5.56 Å². The number of amides is 1. The summed E-state index contributed by atoms with van der Waals surface area (Å²) >= 11 is 0. The van der Waals surface area contributed by atoms with Gasteiger partial charge in [0.05, 0.1) is 12.2 Å². The molecule has 0 unspecified atom stereocenters. The molecule has 98 valence electrons. The molecule has 0 saturated carbocycles. The fraction of sp³-hybridized carbons (Fsp3) is 0.133. The first kappa shape index (κ1) is 13.1. The Bertz CT molecular complexity index is 594. The molecule has 0 fully saturated rings. The Labute approximate surface area is 110 Å². The third-order valence-electron chi connectivity index (χ3n) is 2.72. The van der Waals surface area contributed by atoms with E-state index in [1.807, 2.05) is 13.0 Å². The zero-order valence-corrected chi connectivity index (χ0v) is 10.5. The van der Waals surface area contributed by atoms with Crippen molar-refractivity contribution in [1.29, 1.82) is 0 Å². The van der Waals surface area contributed by atoms with Crippen LogP contribution in [0.25, 0.3) is 11.1 Å². The van der Waals surface area contributed by atoms with Crippen molar-refractivity contribution >= 4 is 5.91 Å². The largest absolute Gasteiger partial charge is 0.492 e. The number of carbonyl (C=O) groups excluding carboxylic acids is 1. The topological polar surface area (TPSA) is 52.3 Å². The molecule has 0 aliphatic heterocycles. The molecular formula is C15H14FNO2. The van der Waals surface area contributed by atoms with E-state index in [4.69, 9.17) is 10.5 Å². The van der Waals surface area contributed by atoms with E-state index >= 15 is 0 Å². The van der Waals surface area contributed by atoms with E-state index < -0.39 is 5.91 Å². The summed E-state index contributed by atoms with van der Waals surface area (Å²) in [5, 5.41) is 0. The van der Waals surface area contributed by atoms with Crippen LogP contribution in [0.3, 0.4) is 0 Å². The lowest BCUT2D eigenvalue weighted by molar-refractivity contribution is 0.0996. The van der Waals surface area contributed by atoms with Gasteiger partial charge in [0.15, 0.2) is 0 Å². The van der Waals surface area contributed by atoms with E-state index in [-0.39, 0.29) is 5.82 Å². The highest BCUT2D eigenvalue weighted by molar-refractivity contribution is 5.98. The van der Waals surface area contributed by atoms with Crippen molar-refractivity contribution in [3.05, 3.63) is 53.8 Å². The van der Waals surface area contributed by atoms with Crippen molar-refractivity contribution in [2.75, 3.05) is 6.61 Å². The Morgan fingerprint density at radius 2 is 1.89 bits per heavy atom. The lowest BCUT2D eigenvalue weighted by Crippen LogP contribution is -2.13. The molecule has 4 heteroatoms. The van der Waals surface area contributed by atoms with Crippen LogP contribution < -0.4 is 10.5 Å². The number of carbonyl (C=O) groups is 1. The predicted octanol–water partition coefficient (Wildman–Crippen LogP) is 2.99. The molecule has 2 rings (SSSR count). The van der Waals surface area contributed by atoms with Crippen molar-refractivity contribution in [2.24, 2.45) is 5.73 Å². The number of primary amides is 1. The number of hydrogen-bond acceptors (Lipinski definition) is 2. The molecule has 19 heavy (non-hydrogen) atoms. The van der Waals surface area contributed by atoms with Crippen LogP contribution in [0.1, 0.15) is 17.3 Å². The number of nitrogens with two attached hydrogens (primary N) is 1. The molecule has 2 N–H and O–H groups in total. The summed E-state index contributed by atoms with van der Waals surface area (Å²) in [7, 11) is 0. The van der Waals surface area contributed by atoms with Gasteiger partial charge in [-0.05, 0) is 30.7 Å². The average molecular weight is 259 g/mol. The number of hydrogen-bond donors (Lipinski definition) is 1. The first-order chi connectivity index (χ1) is 9.13. The highest BCUT2D eigenvalue weighted by atomic mass is 19.1. The molecule has 0 aliphatic rings. The average Bonchev–Trinajstić information content (AvgIpc) is 2.40. The first-order valence-corrected chi connectivity index (χ1v) is 5.95. The Morgan fingerprint density at radius 1 is 1.21 bits per heavy atom. The molecule has 2 aromatic rings. The van der Waals surface area contributed by atoms with Gasteiger partial charge in [0.2, 0.25) is 0 Å². The molecule has 0 aromatic heterocycles. The third-order valence-corrected chi connectivity index (χ3v) is 2.72. The minimum absolute atomic E-state index is 0.312. The number of rotatable bonds is 4. The number of halogens is 1. The molecule has 0 aliphatic carbocycles. The monoisotopic (exact) mass is 259 g/mol. The van der Waals surface area contributed by atoms with E-state index in [2.05, 4.69) is 0 Å². The minimum Gasteiger partial charge on any atom is -0.492 e. The molecule has 3 nitrogen and oxygen atoms in total. The maximum absolute atomic E-state index is 13.0. The van der Waals surface area contributed by atoms with E-state index in [1.54, 1.807) is 24.3 Å². The van der Waals surface area contributed by atoms with Crippen molar-refractivity contribution in [3.8, 4) is 16.9 Å². The summed E-state index contributed by atoms with van der Waals surface area (Å²) in [5.41, 5.74) is 7.15. The highest BCUT2D eigenvalue weighted by Crippen LogP contribution is 2.33. The van der Waals surface area contributed by atoms with E-state index in [9.17, 15) is 9.18 Å². The van der Waals surface area contributed by atoms with Gasteiger partial charge in [-0.1, -0.05) is 24.3 Å². The highest BCUT2D eigenvalue weighted by Gasteiger charge is 2.14. The third kappa shape index (κ3) is 2.73. The van der Waals surface area contributed by atoms with E-state index in [1.165, 1.54) is 12.1 Å². The van der Waals surface area contributed by atoms with Gasteiger partial charge in [-0.15, -0.1) is 0 Å². The summed E-state index contributed by atoms with van der Waals surface area (Å²) < 4.78 is 18.5. The fourth-order valence-electron chi connectivity index (χ4n) is 1.89. The molecule has 0 heterocycles. The second-order valence-electron chi connectivity index (χ2n) is 3.99. The van der Waals surface area contributed by atoms with Gasteiger partial charge in [0.25, 0.3) is 5.91 Å². The fourth-order valence-corrected chi connectivity index (χ4v) is 1.89. The van der Waals surface area contributed by atoms with E-state index in [0.29, 0.717) is 17.9 Å². The summed E-state index contributed by atoms with van der Waals surface area (Å²) in [6, 6.07) is 11.1. The lowest BCUT2D eigenvalue weighted by Gasteiger charge is -2.13. The first-order valence-electron chi connectivity index (χ1n) is 5.95. The van der Waals surface area contributed by atoms with Crippen LogP contribution in [-0.2, 0) is 0 Å². The number of para-hydroxylation sites is 1. The quantitative estimate of drug-likeness (QED) is 0.917. The van der Waals surface area contributed by atoms with Gasteiger partial charge >= 0.3 is 0 Å². The SMILES string of the molecule is CCOc1c(C(N)=O)cccc1-c1ccc(F)cc1. The van der Waals surface area contributed by atoms with Gasteiger partial charge < -0.3 is 10.5 Å². The Kier molecular flexibility index (Phi) is 3.80. The summed E-state index contributed by atoms with van der Waals surface area (Å²) in [6.45, 7) is 2.24. The maximum atomic E-state index is 13.0. The summed E-state index contributed by atoms with van der Waals surface area (Å²) in [4.78, 5) is 11.4. The van der Waals surface area contributed by atoms with E-state index in [0.717, 1.165) is 11.1 Å². The molecule has 0 bridgehead atoms. The van der Waals surface area contributed by atoms with Gasteiger partial charge in [-0.2, -0.15) is 0 Å². The van der Waals surface area contributed by atoms with Crippen molar-refractivity contribution in [2.45, 2.75) is 6.92 Å². The second-order valence-corrected chi connectivity index (χ2v) is 3.99. The molecule has 0 spiro atoms. The molecule has 0 saturated heterocycles. The van der Waals surface area contributed by atoms with Crippen LogP contribution in [0.4, 0.5) is 4.39 Å². The normalized spacial score (nSPS) is 10.2. The van der Waals surface area contributed by atoms with Crippen molar-refractivity contribution in [3.63, 3.8) is 0 Å². The van der Waals surface area contributed by atoms with Gasteiger partial charge in [-0.3, -0.25) is 4.79 Å². The van der Waals surface area contributed by atoms with Crippen LogP contribution in [0.5, 0.6) is 5.75 Å². The van der Waals surface area contributed by atoms with Crippen LogP contribution in [0.2, 0.25) is 0 Å². The summed E-state index contributed by atoms with van der Waals surface area (Å²) in [6.07, 6.45) is 0. The smallest absolute Gasteiger partial charge is 0.252 e. The number of ether oxygens (including phenoxy) is 1. The van der Waals surface area contributed by atoms with Crippen LogP contribution in [0, 0.1) is 5.82 Å². The zero-order chi connectivity index (χ0) is 13.8. The zero-order valence-electron chi connectivity index (χ0n) is 10.5. The second kappa shape index (κ2) is 5.52. The molecule has 0 radical (unpaired) electrons. The van der Waals surface area contributed by atoms with Gasteiger partial charge in [-0.25, -0.2) is 4.39 Å². The Balaban J connectivity index is 2.58. The van der Waals surface area contributed by atoms with Crippen LogP contribution >= 0.6 is 0 Å². The molecule has 2 aromatic carbocycles. The standard InChI is InChI=1S/C15H14FNO2/c1-2-19-14-12(4-3-5-13(14)15(17)18)10-6-8-11(16)9-7-10/h3-9H,2H2,1H3,(H2,17,18). The van der Waals surface area contributed by atoms with Crippen molar-refractivity contribution < 1.29 is 13.9 Å². The Hall–Kier alpha value is -2.36. The maximum Gasteiger partial charge on any atom is 0.252 e. The van der Waals surface area contributed by atoms with Crippen LogP contribution in [-0.4, -0.2) is 12.5 Å². The van der Waals surface area contributed by atoms with Crippen molar-refractivity contribution in [1.82, 2.24) is 0 Å². The lowest BCUT2D eigenvalue weighted by atomic mass is 10.0. The van der Waals surface area contributed by atoms with Crippen LogP contribution in [0.15, 0.2) is 42.5 Å². The molecule has 0 atom stereocenters. The number of benzene rings is 2. The predicted molar refractivity (Wildman–Crippen MR) is 71.5 cm³/mol. The minimum atomic E-state index is -0.549. The molecular weight excluding hydrogens is 245 g/mol. The molecule has 1 amide bonds. The Morgan fingerprint density at radius 3 is 2.47 bits per heavy atom.